The number of nitrogens with one attached hydrogen (secondary N) is 2. The molecule has 2 aromatic carbocycles. The number of carbonyl (C=O) groups is 1. The number of rotatable bonds is 5. The van der Waals surface area contributed by atoms with Gasteiger partial charge in [-0.05, 0) is 48.6 Å². The van der Waals surface area contributed by atoms with Crippen LogP contribution in [0.5, 0.6) is 0 Å². The molecule has 1 fully saturated rings. The van der Waals surface area contributed by atoms with Gasteiger partial charge in [0.15, 0.2) is 0 Å². The molecule has 0 saturated carbocycles. The molecule has 0 spiro atoms. The summed E-state index contributed by atoms with van der Waals surface area (Å²) < 4.78 is 0. The van der Waals surface area contributed by atoms with Crippen molar-refractivity contribution in [3.05, 3.63) is 70.3 Å². The summed E-state index contributed by atoms with van der Waals surface area (Å²) in [7, 11) is 0. The van der Waals surface area contributed by atoms with Gasteiger partial charge in [-0.15, -0.1) is 0 Å². The molecular weight excluding hydrogens is 398 g/mol. The molecule has 0 aliphatic carbocycles. The summed E-state index contributed by atoms with van der Waals surface area (Å²) in [5.74, 6) is -0.180. The molecule has 0 aromatic heterocycles. The predicted octanol–water partition coefficient (Wildman–Crippen LogP) is 0.865. The van der Waals surface area contributed by atoms with Gasteiger partial charge in [-0.3, -0.25) is 10.1 Å². The van der Waals surface area contributed by atoms with E-state index in [-0.39, 0.29) is 12.5 Å². The lowest BCUT2D eigenvalue weighted by Gasteiger charge is -2.40. The van der Waals surface area contributed by atoms with E-state index in [0.29, 0.717) is 29.5 Å². The Bertz CT molecular complexity index is 935. The number of nitrogens with zero attached hydrogens (tertiary/aromatic N) is 1. The van der Waals surface area contributed by atoms with Crippen LogP contribution >= 0.6 is 0 Å². The Kier molecular flexibility index (Phi) is 6.38. The van der Waals surface area contributed by atoms with Crippen LogP contribution in [-0.2, 0) is 13.0 Å². The molecule has 5 atom stereocenters. The normalized spacial score (nSPS) is 28.4. The Hall–Kier alpha value is -2.33. The average molecular weight is 428 g/mol. The highest BCUT2D eigenvalue weighted by atomic mass is 16.3. The lowest BCUT2D eigenvalue weighted by molar-refractivity contribution is -0.159. The van der Waals surface area contributed by atoms with Crippen molar-refractivity contribution in [2.45, 2.75) is 63.7 Å². The summed E-state index contributed by atoms with van der Waals surface area (Å²) in [5, 5.41) is 47.0. The third-order valence-electron chi connectivity index (χ3n) is 6.20. The van der Waals surface area contributed by atoms with Gasteiger partial charge >= 0.3 is 0 Å². The molecule has 6 N–H and O–H groups in total. The fraction of sp³-hybridized carbons (Fsp3) is 0.435. The zero-order chi connectivity index (χ0) is 22.1. The number of hydrogen-bond donors (Lipinski definition) is 6. The lowest BCUT2D eigenvalue weighted by Crippen LogP contribution is -2.57. The van der Waals surface area contributed by atoms with E-state index in [2.05, 4.69) is 17.6 Å². The minimum Gasteiger partial charge on any atom is -0.379 e. The second-order valence-electron chi connectivity index (χ2n) is 8.16. The van der Waals surface area contributed by atoms with Gasteiger partial charge in [-0.2, -0.15) is 0 Å². The first-order chi connectivity index (χ1) is 14.9. The van der Waals surface area contributed by atoms with Crippen LogP contribution in [0.2, 0.25) is 0 Å². The number of aliphatic hydroxyl groups excluding tert-OH is 4. The van der Waals surface area contributed by atoms with Gasteiger partial charge in [0.1, 0.15) is 24.9 Å². The third kappa shape index (κ3) is 4.36. The maximum Gasteiger partial charge on any atom is 0.251 e. The number of carbonyl (C=O) groups excluding carboxylic acids is 1. The van der Waals surface area contributed by atoms with Crippen LogP contribution in [0.1, 0.15) is 64.8 Å². The van der Waals surface area contributed by atoms with Crippen LogP contribution in [0.15, 0.2) is 42.5 Å². The molecule has 166 valence electrons. The van der Waals surface area contributed by atoms with Crippen LogP contribution in [0.4, 0.5) is 0 Å². The topological polar surface area (TPSA) is 125 Å². The molecule has 31 heavy (non-hydrogen) atoms. The Morgan fingerprint density at radius 3 is 2.35 bits per heavy atom. The predicted molar refractivity (Wildman–Crippen MR) is 113 cm³/mol. The van der Waals surface area contributed by atoms with Gasteiger partial charge in [0.2, 0.25) is 0 Å². The van der Waals surface area contributed by atoms with E-state index in [9.17, 15) is 25.2 Å². The van der Waals surface area contributed by atoms with Crippen molar-refractivity contribution < 1.29 is 25.2 Å². The lowest BCUT2D eigenvalue weighted by atomic mass is 10.0. The molecule has 1 amide bonds. The Morgan fingerprint density at radius 1 is 1.00 bits per heavy atom. The Labute approximate surface area is 181 Å². The van der Waals surface area contributed by atoms with E-state index in [1.807, 2.05) is 12.1 Å². The van der Waals surface area contributed by atoms with Crippen molar-refractivity contribution >= 4 is 5.91 Å². The third-order valence-corrected chi connectivity index (χ3v) is 6.20. The summed E-state index contributed by atoms with van der Waals surface area (Å²) in [6, 6.07) is 12.2. The number of aryl methyl sites for hydroxylation is 1. The summed E-state index contributed by atoms with van der Waals surface area (Å²) in [4.78, 5) is 13.9. The maximum atomic E-state index is 12.4. The van der Waals surface area contributed by atoms with E-state index in [0.717, 1.165) is 12.0 Å². The molecule has 2 heterocycles. The molecule has 8 nitrogen and oxygen atoms in total. The fourth-order valence-electron chi connectivity index (χ4n) is 4.38. The van der Waals surface area contributed by atoms with Crippen molar-refractivity contribution in [3.8, 4) is 0 Å². The Balaban J connectivity index is 1.44. The molecular formula is C23H29N3O5. The van der Waals surface area contributed by atoms with Crippen molar-refractivity contribution in [3.63, 3.8) is 0 Å². The van der Waals surface area contributed by atoms with Crippen LogP contribution in [-0.4, -0.2) is 49.7 Å². The SMILES string of the molecule is CCc1ccc(C(=O)NCc2ccc3c(c2)C(O)N(C2CCC(O)NC2O)C3O)cc1. The van der Waals surface area contributed by atoms with Crippen molar-refractivity contribution in [1.29, 1.82) is 0 Å². The van der Waals surface area contributed by atoms with E-state index in [1.54, 1.807) is 30.3 Å². The largest absolute Gasteiger partial charge is 0.379 e. The molecule has 2 aliphatic rings. The second kappa shape index (κ2) is 9.04. The number of aliphatic hydroxyl groups is 4. The molecule has 4 rings (SSSR count). The van der Waals surface area contributed by atoms with Gasteiger partial charge in [0.05, 0.1) is 6.04 Å². The molecule has 5 unspecified atom stereocenters. The van der Waals surface area contributed by atoms with Crippen LogP contribution in [0.25, 0.3) is 0 Å². The smallest absolute Gasteiger partial charge is 0.251 e. The molecule has 0 radical (unpaired) electrons. The summed E-state index contributed by atoms with van der Waals surface area (Å²) in [5.41, 5.74) is 3.66. The molecule has 2 aromatic rings. The van der Waals surface area contributed by atoms with Gasteiger partial charge < -0.3 is 25.7 Å². The number of amides is 1. The summed E-state index contributed by atoms with van der Waals surface area (Å²) >= 11 is 0. The number of piperidine rings is 1. The first kappa shape index (κ1) is 21.9. The second-order valence-corrected chi connectivity index (χ2v) is 8.16. The summed E-state index contributed by atoms with van der Waals surface area (Å²) in [6.07, 6.45) is -2.29. The number of fused-ring (bicyclic) bond motifs is 1. The van der Waals surface area contributed by atoms with Crippen molar-refractivity contribution in [1.82, 2.24) is 15.5 Å². The molecule has 1 saturated heterocycles. The van der Waals surface area contributed by atoms with Gasteiger partial charge in [-0.25, -0.2) is 4.90 Å². The molecule has 0 bridgehead atoms. The number of hydrogen-bond acceptors (Lipinski definition) is 7. The van der Waals surface area contributed by atoms with E-state index in [1.165, 1.54) is 10.5 Å². The van der Waals surface area contributed by atoms with E-state index in [4.69, 9.17) is 0 Å². The number of benzene rings is 2. The maximum absolute atomic E-state index is 12.4. The van der Waals surface area contributed by atoms with Gasteiger partial charge in [-0.1, -0.05) is 31.2 Å². The van der Waals surface area contributed by atoms with Crippen LogP contribution in [0, 0.1) is 0 Å². The molecule has 2 aliphatic heterocycles. The standard InChI is InChI=1S/C23H29N3O5/c1-2-13-3-6-15(7-4-13)20(28)24-12-14-5-8-16-17(11-14)23(31)26(22(16)30)18-9-10-19(27)25-21(18)29/h3-8,11,18-19,21-23,25,27,29-31H,2,9-10,12H2,1H3,(H,24,28). The van der Waals surface area contributed by atoms with Crippen LogP contribution < -0.4 is 10.6 Å². The highest BCUT2D eigenvalue weighted by Gasteiger charge is 2.44. The average Bonchev–Trinajstić information content (AvgIpc) is 3.02. The van der Waals surface area contributed by atoms with Crippen molar-refractivity contribution in [2.24, 2.45) is 0 Å². The highest BCUT2D eigenvalue weighted by molar-refractivity contribution is 5.94. The van der Waals surface area contributed by atoms with Crippen LogP contribution in [0.3, 0.4) is 0 Å². The first-order valence-electron chi connectivity index (χ1n) is 10.6. The Morgan fingerprint density at radius 2 is 1.68 bits per heavy atom. The quantitative estimate of drug-likeness (QED) is 0.418. The van der Waals surface area contributed by atoms with Gasteiger partial charge in [0, 0.05) is 23.2 Å². The zero-order valence-electron chi connectivity index (χ0n) is 17.4. The van der Waals surface area contributed by atoms with E-state index >= 15 is 0 Å². The van der Waals surface area contributed by atoms with E-state index < -0.39 is 31.0 Å². The highest BCUT2D eigenvalue weighted by Crippen LogP contribution is 2.42. The zero-order valence-corrected chi connectivity index (χ0v) is 17.4. The monoisotopic (exact) mass is 427 g/mol. The minimum absolute atomic E-state index is 0.180. The fourth-order valence-corrected chi connectivity index (χ4v) is 4.38. The van der Waals surface area contributed by atoms with Gasteiger partial charge in [0.25, 0.3) is 5.91 Å². The summed E-state index contributed by atoms with van der Waals surface area (Å²) in [6.45, 7) is 2.34. The first-order valence-corrected chi connectivity index (χ1v) is 10.6. The minimum atomic E-state index is -1.10. The van der Waals surface area contributed by atoms with Crippen molar-refractivity contribution in [2.75, 3.05) is 0 Å². The molecule has 8 heteroatoms.